The maximum atomic E-state index is 11.9. The first-order valence-electron chi connectivity index (χ1n) is 6.29. The summed E-state index contributed by atoms with van der Waals surface area (Å²) in [6.07, 6.45) is 0.312. The highest BCUT2D eigenvalue weighted by Crippen LogP contribution is 2.17. The minimum absolute atomic E-state index is 0.181. The topological polar surface area (TPSA) is 93.4 Å². The van der Waals surface area contributed by atoms with Gasteiger partial charge in [0.25, 0.3) is 0 Å². The molecule has 0 aliphatic heterocycles. The van der Waals surface area contributed by atoms with E-state index < -0.39 is 11.5 Å². The molecule has 1 atom stereocenters. The molecule has 0 saturated heterocycles. The summed E-state index contributed by atoms with van der Waals surface area (Å²) in [6, 6.07) is 7.23. The summed E-state index contributed by atoms with van der Waals surface area (Å²) >= 11 is 4.75. The molecule has 6 nitrogen and oxygen atoms in total. The van der Waals surface area contributed by atoms with Gasteiger partial charge in [0.2, 0.25) is 5.91 Å². The van der Waals surface area contributed by atoms with Crippen molar-refractivity contribution < 1.29 is 14.3 Å². The highest BCUT2D eigenvalue weighted by molar-refractivity contribution is 7.80. The Hall–Kier alpha value is -2.15. The fraction of sp³-hybridized carbons (Fsp3) is 0.357. The van der Waals surface area contributed by atoms with Crippen molar-refractivity contribution >= 4 is 34.9 Å². The summed E-state index contributed by atoms with van der Waals surface area (Å²) in [7, 11) is 1.29. The van der Waals surface area contributed by atoms with Crippen molar-refractivity contribution in [3.05, 3.63) is 29.8 Å². The van der Waals surface area contributed by atoms with E-state index in [1.165, 1.54) is 14.0 Å². The van der Waals surface area contributed by atoms with Gasteiger partial charge in [-0.2, -0.15) is 0 Å². The molecule has 0 bridgehead atoms. The minimum Gasteiger partial charge on any atom is -0.467 e. The number of amides is 1. The van der Waals surface area contributed by atoms with Gasteiger partial charge in [-0.15, -0.1) is 0 Å². The molecule has 21 heavy (non-hydrogen) atoms. The monoisotopic (exact) mass is 309 g/mol. The Morgan fingerprint density at radius 1 is 1.33 bits per heavy atom. The Bertz CT molecular complexity index is 545. The quantitative estimate of drug-likeness (QED) is 0.554. The van der Waals surface area contributed by atoms with Crippen LogP contribution in [0, 0.1) is 0 Å². The van der Waals surface area contributed by atoms with Crippen molar-refractivity contribution in [3.63, 3.8) is 0 Å². The number of anilines is 1. The lowest BCUT2D eigenvalue weighted by molar-refractivity contribution is -0.149. The van der Waals surface area contributed by atoms with Gasteiger partial charge in [0.05, 0.1) is 7.11 Å². The van der Waals surface area contributed by atoms with Crippen LogP contribution in [-0.4, -0.2) is 29.6 Å². The molecule has 0 spiro atoms. The molecular weight excluding hydrogens is 290 g/mol. The molecule has 114 valence electrons. The third-order valence-electron chi connectivity index (χ3n) is 2.87. The number of nitrogens with one attached hydrogen (secondary N) is 2. The predicted octanol–water partition coefficient (Wildman–Crippen LogP) is 0.952. The number of carbonyl (C=O) groups excluding carboxylic acids is 2. The molecule has 1 amide bonds. The van der Waals surface area contributed by atoms with E-state index in [-0.39, 0.29) is 11.0 Å². The number of benzene rings is 1. The summed E-state index contributed by atoms with van der Waals surface area (Å²) in [4.78, 5) is 23.2. The molecule has 0 aromatic heterocycles. The lowest BCUT2D eigenvalue weighted by Crippen LogP contribution is -2.53. The van der Waals surface area contributed by atoms with Gasteiger partial charge in [-0.1, -0.05) is 12.1 Å². The molecule has 0 radical (unpaired) electrons. The van der Waals surface area contributed by atoms with Crippen LogP contribution in [0.15, 0.2) is 24.3 Å². The molecule has 0 aliphatic carbocycles. The average Bonchev–Trinajstić information content (AvgIpc) is 2.38. The normalized spacial score (nSPS) is 12.9. The van der Waals surface area contributed by atoms with Crippen LogP contribution in [0.25, 0.3) is 0 Å². The fourth-order valence-electron chi connectivity index (χ4n) is 2.04. The first kappa shape index (κ1) is 16.9. The lowest BCUT2D eigenvalue weighted by Gasteiger charge is -2.27. The lowest BCUT2D eigenvalue weighted by atomic mass is 9.92. The number of thiocarbonyl (C=S) groups is 1. The van der Waals surface area contributed by atoms with Crippen LogP contribution < -0.4 is 16.4 Å². The van der Waals surface area contributed by atoms with Gasteiger partial charge in [-0.05, 0) is 36.8 Å². The van der Waals surface area contributed by atoms with E-state index in [9.17, 15) is 9.59 Å². The number of methoxy groups -OCH3 is 1. The van der Waals surface area contributed by atoms with Gasteiger partial charge >= 0.3 is 5.97 Å². The third kappa shape index (κ3) is 5.03. The van der Waals surface area contributed by atoms with Crippen LogP contribution in [0.2, 0.25) is 0 Å². The van der Waals surface area contributed by atoms with Crippen LogP contribution >= 0.6 is 12.2 Å². The Morgan fingerprint density at radius 2 is 1.90 bits per heavy atom. The number of carbonyl (C=O) groups is 2. The number of nitrogens with two attached hydrogens (primary N) is 1. The van der Waals surface area contributed by atoms with Crippen LogP contribution in [0.3, 0.4) is 0 Å². The smallest absolute Gasteiger partial charge is 0.331 e. The predicted molar refractivity (Wildman–Crippen MR) is 84.8 cm³/mol. The Morgan fingerprint density at radius 3 is 2.33 bits per heavy atom. The molecule has 7 heteroatoms. The maximum Gasteiger partial charge on any atom is 0.331 e. The number of hydrogen-bond acceptors (Lipinski definition) is 4. The van der Waals surface area contributed by atoms with Crippen molar-refractivity contribution in [1.82, 2.24) is 5.32 Å². The summed E-state index contributed by atoms with van der Waals surface area (Å²) in [5.41, 5.74) is 5.90. The molecule has 1 aromatic carbocycles. The third-order valence-corrected chi connectivity index (χ3v) is 2.97. The molecule has 4 N–H and O–H groups in total. The van der Waals surface area contributed by atoms with Gasteiger partial charge < -0.3 is 21.1 Å². The van der Waals surface area contributed by atoms with Gasteiger partial charge in [0.1, 0.15) is 5.54 Å². The molecule has 0 unspecified atom stereocenters. The van der Waals surface area contributed by atoms with E-state index >= 15 is 0 Å². The fourth-order valence-corrected chi connectivity index (χ4v) is 2.16. The van der Waals surface area contributed by atoms with Gasteiger partial charge in [0.15, 0.2) is 5.11 Å². The maximum absolute atomic E-state index is 11.9. The molecule has 0 heterocycles. The Balaban J connectivity index is 2.91. The SMILES string of the molecule is COC(=O)[C@@](C)(Cc1ccc(NC(N)=S)cc1)NC(C)=O. The standard InChI is InChI=1S/C14H19N3O3S/c1-9(18)17-14(2,12(19)20-3)8-10-4-6-11(7-5-10)16-13(15)21/h4-7H,8H2,1-3H3,(H,17,18)(H3,15,16,21)/t14-/m1/s1. The van der Waals surface area contributed by atoms with Crippen LogP contribution in [-0.2, 0) is 20.7 Å². The van der Waals surface area contributed by atoms with Gasteiger partial charge in [-0.3, -0.25) is 4.79 Å². The van der Waals surface area contributed by atoms with Crippen molar-refractivity contribution in [3.8, 4) is 0 Å². The highest BCUT2D eigenvalue weighted by Gasteiger charge is 2.35. The summed E-state index contributed by atoms with van der Waals surface area (Å²) in [5.74, 6) is -0.794. The zero-order valence-corrected chi connectivity index (χ0v) is 13.0. The summed E-state index contributed by atoms with van der Waals surface area (Å²) in [5, 5.41) is 5.62. The number of rotatable bonds is 5. The molecule has 1 aromatic rings. The second-order valence-corrected chi connectivity index (χ2v) is 5.31. The second-order valence-electron chi connectivity index (χ2n) is 4.87. The van der Waals surface area contributed by atoms with E-state index in [1.54, 1.807) is 19.1 Å². The van der Waals surface area contributed by atoms with E-state index in [4.69, 9.17) is 22.7 Å². The first-order valence-corrected chi connectivity index (χ1v) is 6.70. The Kier molecular flexibility index (Phi) is 5.66. The minimum atomic E-state index is -1.11. The zero-order valence-electron chi connectivity index (χ0n) is 12.2. The molecule has 0 saturated carbocycles. The molecular formula is C14H19N3O3S. The zero-order chi connectivity index (χ0) is 16.0. The number of hydrogen-bond donors (Lipinski definition) is 3. The second kappa shape index (κ2) is 7.03. The van der Waals surface area contributed by atoms with E-state index in [2.05, 4.69) is 10.6 Å². The van der Waals surface area contributed by atoms with Crippen molar-refractivity contribution in [1.29, 1.82) is 0 Å². The van der Waals surface area contributed by atoms with Crippen molar-refractivity contribution in [2.24, 2.45) is 5.73 Å². The van der Waals surface area contributed by atoms with Crippen molar-refractivity contribution in [2.75, 3.05) is 12.4 Å². The summed E-state index contributed by atoms with van der Waals surface area (Å²) < 4.78 is 4.77. The van der Waals surface area contributed by atoms with E-state index in [1.807, 2.05) is 12.1 Å². The van der Waals surface area contributed by atoms with Crippen LogP contribution in [0.5, 0.6) is 0 Å². The van der Waals surface area contributed by atoms with Crippen LogP contribution in [0.1, 0.15) is 19.4 Å². The van der Waals surface area contributed by atoms with Crippen molar-refractivity contribution in [2.45, 2.75) is 25.8 Å². The number of ether oxygens (including phenoxy) is 1. The van der Waals surface area contributed by atoms with E-state index in [0.717, 1.165) is 11.3 Å². The van der Waals surface area contributed by atoms with Gasteiger partial charge in [0, 0.05) is 19.0 Å². The first-order chi connectivity index (χ1) is 9.76. The van der Waals surface area contributed by atoms with Crippen LogP contribution in [0.4, 0.5) is 5.69 Å². The Labute approximate surface area is 129 Å². The highest BCUT2D eigenvalue weighted by atomic mass is 32.1. The average molecular weight is 309 g/mol. The molecule has 0 aliphatic rings. The van der Waals surface area contributed by atoms with Gasteiger partial charge in [-0.25, -0.2) is 4.79 Å². The largest absolute Gasteiger partial charge is 0.467 e. The molecule has 1 rings (SSSR count). The molecule has 0 fully saturated rings. The number of esters is 1. The summed E-state index contributed by atoms with van der Waals surface area (Å²) in [6.45, 7) is 2.98. The van der Waals surface area contributed by atoms with E-state index in [0.29, 0.717) is 6.42 Å².